The summed E-state index contributed by atoms with van der Waals surface area (Å²) in [4.78, 5) is 15.6. The summed E-state index contributed by atoms with van der Waals surface area (Å²) >= 11 is 3.40. The standard InChI is InChI=1S/C16H20BrN5O/c1-22-7-3-4-10(9-22)11-8-12(20-16(18)19-11)15-13(23-2)5-6-14(17)21-15/h5-6,8,10H,3-4,7,9H2,1-2H3,(H2,18,19,20). The van der Waals surface area contributed by atoms with Gasteiger partial charge in [-0.15, -0.1) is 0 Å². The first kappa shape index (κ1) is 16.1. The van der Waals surface area contributed by atoms with Gasteiger partial charge in [0, 0.05) is 12.5 Å². The number of likely N-dealkylation sites (N-methyl/N-ethyl adjacent to an activating group) is 1. The molecule has 1 fully saturated rings. The first-order valence-corrected chi connectivity index (χ1v) is 8.40. The molecule has 122 valence electrons. The second-order valence-electron chi connectivity index (χ2n) is 5.82. The van der Waals surface area contributed by atoms with Crippen LogP contribution in [0.4, 0.5) is 5.95 Å². The van der Waals surface area contributed by atoms with Crippen LogP contribution in [-0.4, -0.2) is 47.1 Å². The fourth-order valence-electron chi connectivity index (χ4n) is 2.99. The Labute approximate surface area is 144 Å². The van der Waals surface area contributed by atoms with Crippen molar-refractivity contribution in [2.24, 2.45) is 0 Å². The minimum absolute atomic E-state index is 0.273. The molecule has 0 aliphatic carbocycles. The van der Waals surface area contributed by atoms with Crippen LogP contribution in [0.15, 0.2) is 22.8 Å². The molecule has 1 saturated heterocycles. The van der Waals surface area contributed by atoms with Crippen molar-refractivity contribution < 1.29 is 4.74 Å². The monoisotopic (exact) mass is 377 g/mol. The Bertz CT molecular complexity index is 709. The fourth-order valence-corrected chi connectivity index (χ4v) is 3.30. The molecule has 0 amide bonds. The minimum atomic E-state index is 0.273. The molecule has 2 aromatic rings. The lowest BCUT2D eigenvalue weighted by Gasteiger charge is -2.29. The van der Waals surface area contributed by atoms with E-state index in [1.54, 1.807) is 7.11 Å². The van der Waals surface area contributed by atoms with Crippen LogP contribution < -0.4 is 10.5 Å². The highest BCUT2D eigenvalue weighted by molar-refractivity contribution is 9.10. The van der Waals surface area contributed by atoms with Gasteiger partial charge in [-0.25, -0.2) is 15.0 Å². The summed E-state index contributed by atoms with van der Waals surface area (Å²) in [6, 6.07) is 5.68. The molecule has 1 aliphatic heterocycles. The van der Waals surface area contributed by atoms with E-state index in [0.29, 0.717) is 23.1 Å². The summed E-state index contributed by atoms with van der Waals surface area (Å²) < 4.78 is 6.13. The highest BCUT2D eigenvalue weighted by Crippen LogP contribution is 2.32. The molecule has 0 radical (unpaired) electrons. The van der Waals surface area contributed by atoms with Gasteiger partial charge in [-0.1, -0.05) is 0 Å². The molecular formula is C16H20BrN5O. The van der Waals surface area contributed by atoms with Gasteiger partial charge in [0.25, 0.3) is 0 Å². The zero-order valence-electron chi connectivity index (χ0n) is 13.3. The Morgan fingerprint density at radius 2 is 2.13 bits per heavy atom. The van der Waals surface area contributed by atoms with Gasteiger partial charge in [0.05, 0.1) is 18.5 Å². The van der Waals surface area contributed by atoms with Gasteiger partial charge in [0.15, 0.2) is 0 Å². The lowest BCUT2D eigenvalue weighted by atomic mass is 9.94. The van der Waals surface area contributed by atoms with E-state index in [0.717, 1.165) is 29.8 Å². The molecule has 2 N–H and O–H groups in total. The molecule has 1 unspecified atom stereocenters. The number of ether oxygens (including phenoxy) is 1. The number of aromatic nitrogens is 3. The average molecular weight is 378 g/mol. The highest BCUT2D eigenvalue weighted by Gasteiger charge is 2.22. The summed E-state index contributed by atoms with van der Waals surface area (Å²) in [7, 11) is 3.76. The number of hydrogen-bond acceptors (Lipinski definition) is 6. The van der Waals surface area contributed by atoms with E-state index in [2.05, 4.69) is 42.8 Å². The number of nitrogens with two attached hydrogens (primary N) is 1. The van der Waals surface area contributed by atoms with E-state index in [1.807, 2.05) is 18.2 Å². The van der Waals surface area contributed by atoms with Crippen LogP contribution in [0.5, 0.6) is 5.75 Å². The highest BCUT2D eigenvalue weighted by atomic mass is 79.9. The van der Waals surface area contributed by atoms with E-state index in [4.69, 9.17) is 10.5 Å². The fraction of sp³-hybridized carbons (Fsp3) is 0.438. The largest absolute Gasteiger partial charge is 0.494 e. The Morgan fingerprint density at radius 3 is 2.87 bits per heavy atom. The quantitative estimate of drug-likeness (QED) is 0.828. The van der Waals surface area contributed by atoms with Crippen molar-refractivity contribution >= 4 is 21.9 Å². The number of rotatable bonds is 3. The summed E-state index contributed by atoms with van der Waals surface area (Å²) in [5, 5.41) is 0. The molecule has 0 spiro atoms. The van der Waals surface area contributed by atoms with Crippen LogP contribution in [0.3, 0.4) is 0 Å². The second-order valence-corrected chi connectivity index (χ2v) is 6.63. The van der Waals surface area contributed by atoms with Crippen LogP contribution in [0, 0.1) is 0 Å². The summed E-state index contributed by atoms with van der Waals surface area (Å²) in [6.07, 6.45) is 2.28. The van der Waals surface area contributed by atoms with Crippen LogP contribution >= 0.6 is 15.9 Å². The molecule has 1 aliphatic rings. The maximum atomic E-state index is 5.95. The SMILES string of the molecule is COc1ccc(Br)nc1-c1cc(C2CCCN(C)C2)nc(N)n1. The molecule has 3 rings (SSSR count). The third kappa shape index (κ3) is 3.61. The number of halogens is 1. The van der Waals surface area contributed by atoms with Crippen LogP contribution in [-0.2, 0) is 0 Å². The van der Waals surface area contributed by atoms with Gasteiger partial charge in [-0.2, -0.15) is 0 Å². The van der Waals surface area contributed by atoms with Crippen molar-refractivity contribution in [1.29, 1.82) is 0 Å². The molecule has 6 nitrogen and oxygen atoms in total. The van der Waals surface area contributed by atoms with Crippen molar-refractivity contribution in [3.8, 4) is 17.1 Å². The molecule has 0 aromatic carbocycles. The van der Waals surface area contributed by atoms with E-state index in [-0.39, 0.29) is 5.95 Å². The van der Waals surface area contributed by atoms with Crippen LogP contribution in [0.2, 0.25) is 0 Å². The van der Waals surface area contributed by atoms with Crippen LogP contribution in [0.25, 0.3) is 11.4 Å². The molecule has 0 bridgehead atoms. The Kier molecular flexibility index (Phi) is 4.77. The second kappa shape index (κ2) is 6.80. The first-order valence-electron chi connectivity index (χ1n) is 7.60. The van der Waals surface area contributed by atoms with E-state index < -0.39 is 0 Å². The summed E-state index contributed by atoms with van der Waals surface area (Å²) in [6.45, 7) is 2.11. The molecule has 0 saturated carbocycles. The maximum absolute atomic E-state index is 5.95. The van der Waals surface area contributed by atoms with Crippen molar-refractivity contribution in [3.63, 3.8) is 0 Å². The molecule has 2 aromatic heterocycles. The number of pyridine rings is 1. The van der Waals surface area contributed by atoms with Crippen LogP contribution in [0.1, 0.15) is 24.5 Å². The number of hydrogen-bond donors (Lipinski definition) is 1. The molecule has 7 heteroatoms. The van der Waals surface area contributed by atoms with E-state index in [9.17, 15) is 0 Å². The lowest BCUT2D eigenvalue weighted by molar-refractivity contribution is 0.248. The maximum Gasteiger partial charge on any atom is 0.220 e. The molecule has 3 heterocycles. The predicted molar refractivity (Wildman–Crippen MR) is 93.4 cm³/mol. The zero-order chi connectivity index (χ0) is 16.4. The minimum Gasteiger partial charge on any atom is -0.494 e. The van der Waals surface area contributed by atoms with Gasteiger partial charge in [0.1, 0.15) is 16.0 Å². The topological polar surface area (TPSA) is 77.2 Å². The van der Waals surface area contributed by atoms with Gasteiger partial charge < -0.3 is 15.4 Å². The van der Waals surface area contributed by atoms with Gasteiger partial charge in [-0.05, 0) is 60.6 Å². The summed E-state index contributed by atoms with van der Waals surface area (Å²) in [5.74, 6) is 1.31. The van der Waals surface area contributed by atoms with E-state index in [1.165, 1.54) is 6.42 Å². The number of likely N-dealkylation sites (tertiary alicyclic amines) is 1. The van der Waals surface area contributed by atoms with Crippen molar-refractivity contribution in [1.82, 2.24) is 19.9 Å². The predicted octanol–water partition coefficient (Wildman–Crippen LogP) is 2.70. The first-order chi connectivity index (χ1) is 11.1. The zero-order valence-corrected chi connectivity index (χ0v) is 14.9. The molecule has 1 atom stereocenters. The van der Waals surface area contributed by atoms with Gasteiger partial charge in [-0.3, -0.25) is 0 Å². The Morgan fingerprint density at radius 1 is 1.30 bits per heavy atom. The number of nitrogens with zero attached hydrogens (tertiary/aromatic N) is 4. The van der Waals surface area contributed by atoms with E-state index >= 15 is 0 Å². The van der Waals surface area contributed by atoms with Crippen molar-refractivity contribution in [2.45, 2.75) is 18.8 Å². The number of methoxy groups -OCH3 is 1. The number of nitrogen functional groups attached to an aromatic ring is 1. The Hall–Kier alpha value is -1.73. The third-order valence-electron chi connectivity index (χ3n) is 4.09. The lowest BCUT2D eigenvalue weighted by Crippen LogP contribution is -2.31. The summed E-state index contributed by atoms with van der Waals surface area (Å²) in [5.41, 5.74) is 8.29. The smallest absolute Gasteiger partial charge is 0.220 e. The molecule has 23 heavy (non-hydrogen) atoms. The van der Waals surface area contributed by atoms with Gasteiger partial charge >= 0.3 is 0 Å². The van der Waals surface area contributed by atoms with Crippen molar-refractivity contribution in [2.75, 3.05) is 33.0 Å². The Balaban J connectivity index is 2.02. The van der Waals surface area contributed by atoms with Crippen molar-refractivity contribution in [3.05, 3.63) is 28.5 Å². The normalized spacial score (nSPS) is 18.8. The average Bonchev–Trinajstić information content (AvgIpc) is 2.54. The molecular weight excluding hydrogens is 358 g/mol. The number of piperidine rings is 1. The number of anilines is 1. The third-order valence-corrected chi connectivity index (χ3v) is 4.53. The van der Waals surface area contributed by atoms with Gasteiger partial charge in [0.2, 0.25) is 5.95 Å².